The quantitative estimate of drug-likeness (QED) is 0.703. The number of halogens is 1. The summed E-state index contributed by atoms with van der Waals surface area (Å²) in [7, 11) is 1.53. The van der Waals surface area contributed by atoms with Crippen molar-refractivity contribution in [1.82, 2.24) is 10.6 Å². The van der Waals surface area contributed by atoms with Gasteiger partial charge in [-0.25, -0.2) is 4.79 Å². The minimum Gasteiger partial charge on any atom is -0.495 e. The number of hydrogen-bond donors (Lipinski definition) is 3. The van der Waals surface area contributed by atoms with Gasteiger partial charge in [0, 0.05) is 17.1 Å². The van der Waals surface area contributed by atoms with Gasteiger partial charge in [0.15, 0.2) is 0 Å². The molecule has 0 saturated carbocycles. The molecule has 0 aliphatic heterocycles. The third-order valence-corrected chi connectivity index (χ3v) is 4.33. The Kier molecular flexibility index (Phi) is 6.89. The Bertz CT molecular complexity index is 692. The van der Waals surface area contributed by atoms with Gasteiger partial charge in [0.05, 0.1) is 18.7 Å². The smallest absolute Gasteiger partial charge is 0.321 e. The van der Waals surface area contributed by atoms with Crippen LogP contribution in [-0.2, 0) is 11.2 Å². The number of hydrogen-bond acceptors (Lipinski definition) is 5. The van der Waals surface area contributed by atoms with E-state index in [0.29, 0.717) is 23.0 Å². The number of carbonyl (C=O) groups excluding carboxylic acids is 2. The Morgan fingerprint density at radius 1 is 1.29 bits per heavy atom. The Hall–Kier alpha value is -2.25. The zero-order valence-corrected chi connectivity index (χ0v) is 14.7. The van der Waals surface area contributed by atoms with Crippen LogP contribution >= 0.6 is 22.9 Å². The molecule has 128 valence electrons. The van der Waals surface area contributed by atoms with Crippen molar-refractivity contribution < 1.29 is 14.3 Å². The summed E-state index contributed by atoms with van der Waals surface area (Å²) in [6.07, 6.45) is 0.738. The average Bonchev–Trinajstić information content (AvgIpc) is 3.06. The second kappa shape index (κ2) is 9.14. The summed E-state index contributed by atoms with van der Waals surface area (Å²) in [5.74, 6) is 0.118. The number of benzene rings is 1. The van der Waals surface area contributed by atoms with Crippen molar-refractivity contribution in [2.24, 2.45) is 0 Å². The van der Waals surface area contributed by atoms with Gasteiger partial charge in [-0.15, -0.1) is 11.3 Å². The van der Waals surface area contributed by atoms with Crippen molar-refractivity contribution in [2.75, 3.05) is 25.5 Å². The van der Waals surface area contributed by atoms with Crippen LogP contribution in [0.25, 0.3) is 0 Å². The predicted molar refractivity (Wildman–Crippen MR) is 96.1 cm³/mol. The number of thiophene rings is 1. The van der Waals surface area contributed by atoms with E-state index in [1.807, 2.05) is 17.5 Å². The second-order valence-corrected chi connectivity index (χ2v) is 6.28. The number of ether oxygens (including phenoxy) is 1. The van der Waals surface area contributed by atoms with Crippen LogP contribution in [0.15, 0.2) is 35.7 Å². The van der Waals surface area contributed by atoms with E-state index in [2.05, 4.69) is 16.0 Å². The number of imide groups is 1. The molecule has 1 aromatic carbocycles. The maximum Gasteiger partial charge on any atom is 0.321 e. The monoisotopic (exact) mass is 367 g/mol. The predicted octanol–water partition coefficient (Wildman–Crippen LogP) is 2.89. The zero-order valence-electron chi connectivity index (χ0n) is 13.1. The van der Waals surface area contributed by atoms with Crippen LogP contribution < -0.4 is 20.7 Å². The van der Waals surface area contributed by atoms with Gasteiger partial charge in [0.1, 0.15) is 5.75 Å². The van der Waals surface area contributed by atoms with Crippen molar-refractivity contribution in [3.63, 3.8) is 0 Å². The standard InChI is InChI=1S/C16H18ClN3O3S/c1-23-14-5-4-11(9-13(14)17)19-10-15(21)20-16(22)18-7-6-12-3-2-8-24-12/h2-5,8-9,19H,6-7,10H2,1H3,(H2,18,20,21,22). The van der Waals surface area contributed by atoms with Crippen molar-refractivity contribution in [3.05, 3.63) is 45.6 Å². The Labute approximate surface area is 149 Å². The molecule has 2 rings (SSSR count). The molecule has 0 atom stereocenters. The minimum absolute atomic E-state index is 0.0407. The third-order valence-electron chi connectivity index (χ3n) is 3.09. The van der Waals surface area contributed by atoms with Gasteiger partial charge < -0.3 is 15.4 Å². The largest absolute Gasteiger partial charge is 0.495 e. The molecule has 0 aliphatic rings. The molecule has 1 aromatic heterocycles. The summed E-state index contributed by atoms with van der Waals surface area (Å²) in [4.78, 5) is 24.5. The van der Waals surface area contributed by atoms with E-state index in [-0.39, 0.29) is 6.54 Å². The van der Waals surface area contributed by atoms with Gasteiger partial charge >= 0.3 is 6.03 Å². The van der Waals surface area contributed by atoms with Gasteiger partial charge in [0.2, 0.25) is 5.91 Å². The fourth-order valence-electron chi connectivity index (χ4n) is 1.93. The first-order valence-electron chi connectivity index (χ1n) is 7.26. The van der Waals surface area contributed by atoms with Gasteiger partial charge in [-0.05, 0) is 36.1 Å². The maximum absolute atomic E-state index is 11.7. The number of urea groups is 1. The summed E-state index contributed by atoms with van der Waals surface area (Å²) in [5.41, 5.74) is 0.661. The zero-order chi connectivity index (χ0) is 17.4. The number of anilines is 1. The second-order valence-electron chi connectivity index (χ2n) is 4.84. The molecule has 0 fully saturated rings. The van der Waals surface area contributed by atoms with E-state index in [9.17, 15) is 9.59 Å². The van der Waals surface area contributed by atoms with Crippen LogP contribution in [0.5, 0.6) is 5.75 Å². The molecule has 0 bridgehead atoms. The van der Waals surface area contributed by atoms with E-state index < -0.39 is 11.9 Å². The number of rotatable bonds is 7. The van der Waals surface area contributed by atoms with Gasteiger partial charge in [-0.3, -0.25) is 10.1 Å². The molecule has 0 aliphatic carbocycles. The molecule has 2 aromatic rings. The van der Waals surface area contributed by atoms with Crippen molar-refractivity contribution in [2.45, 2.75) is 6.42 Å². The van der Waals surface area contributed by atoms with Crippen LogP contribution in [0.2, 0.25) is 5.02 Å². The van der Waals surface area contributed by atoms with Gasteiger partial charge in [-0.1, -0.05) is 17.7 Å². The lowest BCUT2D eigenvalue weighted by Gasteiger charge is -2.09. The highest BCUT2D eigenvalue weighted by Crippen LogP contribution is 2.26. The van der Waals surface area contributed by atoms with Crippen LogP contribution in [0.1, 0.15) is 4.88 Å². The van der Waals surface area contributed by atoms with E-state index in [1.54, 1.807) is 29.5 Å². The highest BCUT2D eigenvalue weighted by Gasteiger charge is 2.08. The Balaban J connectivity index is 1.68. The first kappa shape index (κ1) is 18.1. The number of amides is 3. The SMILES string of the molecule is COc1ccc(NCC(=O)NC(=O)NCCc2cccs2)cc1Cl. The minimum atomic E-state index is -0.508. The summed E-state index contributed by atoms with van der Waals surface area (Å²) in [5, 5.41) is 10.2. The molecule has 6 nitrogen and oxygen atoms in total. The molecule has 1 heterocycles. The fourth-order valence-corrected chi connectivity index (χ4v) is 2.89. The number of carbonyl (C=O) groups is 2. The lowest BCUT2D eigenvalue weighted by atomic mass is 10.3. The molecule has 24 heavy (non-hydrogen) atoms. The fraction of sp³-hybridized carbons (Fsp3) is 0.250. The van der Waals surface area contributed by atoms with Crippen LogP contribution in [0, 0.1) is 0 Å². The molecular formula is C16H18ClN3O3S. The normalized spacial score (nSPS) is 10.1. The van der Waals surface area contributed by atoms with Crippen LogP contribution in [0.3, 0.4) is 0 Å². The van der Waals surface area contributed by atoms with Crippen molar-refractivity contribution >= 4 is 40.6 Å². The maximum atomic E-state index is 11.7. The summed E-state index contributed by atoms with van der Waals surface area (Å²) in [6, 6.07) is 8.53. The Morgan fingerprint density at radius 2 is 2.12 bits per heavy atom. The lowest BCUT2D eigenvalue weighted by Crippen LogP contribution is -2.42. The van der Waals surface area contributed by atoms with Crippen LogP contribution in [0.4, 0.5) is 10.5 Å². The molecule has 8 heteroatoms. The summed E-state index contributed by atoms with van der Waals surface area (Å²) in [6.45, 7) is 0.433. The summed E-state index contributed by atoms with van der Waals surface area (Å²) >= 11 is 7.63. The van der Waals surface area contributed by atoms with Gasteiger partial charge in [0.25, 0.3) is 0 Å². The first-order chi connectivity index (χ1) is 11.6. The topological polar surface area (TPSA) is 79.5 Å². The van der Waals surface area contributed by atoms with Crippen LogP contribution in [-0.4, -0.2) is 32.1 Å². The highest BCUT2D eigenvalue weighted by atomic mass is 35.5. The Morgan fingerprint density at radius 3 is 2.79 bits per heavy atom. The van der Waals surface area contributed by atoms with Crippen molar-refractivity contribution in [3.8, 4) is 5.75 Å². The van der Waals surface area contributed by atoms with Gasteiger partial charge in [-0.2, -0.15) is 0 Å². The first-order valence-corrected chi connectivity index (χ1v) is 8.51. The molecule has 0 radical (unpaired) electrons. The van der Waals surface area contributed by atoms with E-state index in [0.717, 1.165) is 6.42 Å². The molecular weight excluding hydrogens is 350 g/mol. The van der Waals surface area contributed by atoms with E-state index in [1.165, 1.54) is 12.0 Å². The highest BCUT2D eigenvalue weighted by molar-refractivity contribution is 7.09. The van der Waals surface area contributed by atoms with Crippen molar-refractivity contribution in [1.29, 1.82) is 0 Å². The lowest BCUT2D eigenvalue weighted by molar-refractivity contribution is -0.118. The molecule has 0 unspecified atom stereocenters. The van der Waals surface area contributed by atoms with E-state index >= 15 is 0 Å². The molecule has 0 saturated heterocycles. The van der Waals surface area contributed by atoms with E-state index in [4.69, 9.17) is 16.3 Å². The number of methoxy groups -OCH3 is 1. The molecule has 3 N–H and O–H groups in total. The average molecular weight is 368 g/mol. The molecule has 0 spiro atoms. The number of nitrogens with one attached hydrogen (secondary N) is 3. The molecule has 3 amide bonds. The third kappa shape index (κ3) is 5.75. The summed E-state index contributed by atoms with van der Waals surface area (Å²) < 4.78 is 5.05.